The second-order valence-electron chi connectivity index (χ2n) is 5.62. The number of hydrogen-bond acceptors (Lipinski definition) is 3. The summed E-state index contributed by atoms with van der Waals surface area (Å²) in [6, 6.07) is 12.6. The van der Waals surface area contributed by atoms with Crippen LogP contribution in [-0.2, 0) is 6.54 Å². The minimum absolute atomic E-state index is 0.0357. The van der Waals surface area contributed by atoms with Crippen molar-refractivity contribution in [3.63, 3.8) is 0 Å². The number of likely N-dealkylation sites (N-methyl/N-ethyl adjacent to an activating group) is 1. The van der Waals surface area contributed by atoms with E-state index in [-0.39, 0.29) is 6.04 Å². The number of nitrogens with zero attached hydrogens (tertiary/aromatic N) is 2. The normalized spacial score (nSPS) is 12.6. The van der Waals surface area contributed by atoms with Crippen molar-refractivity contribution < 1.29 is 0 Å². The first-order valence-electron chi connectivity index (χ1n) is 7.55. The first-order chi connectivity index (χ1) is 10.1. The summed E-state index contributed by atoms with van der Waals surface area (Å²) in [6.45, 7) is 9.06. The van der Waals surface area contributed by atoms with Crippen LogP contribution in [0.3, 0.4) is 0 Å². The highest BCUT2D eigenvalue weighted by Crippen LogP contribution is 2.19. The molecule has 21 heavy (non-hydrogen) atoms. The van der Waals surface area contributed by atoms with E-state index >= 15 is 0 Å². The molecule has 1 heterocycles. The zero-order chi connectivity index (χ0) is 15.2. The lowest BCUT2D eigenvalue weighted by molar-refractivity contribution is 0.259. The second kappa shape index (κ2) is 7.34. The fraction of sp³-hybridized carbons (Fsp3) is 0.389. The summed E-state index contributed by atoms with van der Waals surface area (Å²) in [4.78, 5) is 6.74. The van der Waals surface area contributed by atoms with Crippen LogP contribution in [0.5, 0.6) is 0 Å². The van der Waals surface area contributed by atoms with Gasteiger partial charge in [-0.2, -0.15) is 0 Å². The summed E-state index contributed by atoms with van der Waals surface area (Å²) in [6.07, 6.45) is 1.84. The summed E-state index contributed by atoms with van der Waals surface area (Å²) in [5, 5.41) is 0. The highest BCUT2D eigenvalue weighted by molar-refractivity contribution is 5.33. The summed E-state index contributed by atoms with van der Waals surface area (Å²) in [5.41, 5.74) is 11.3. The Morgan fingerprint density at radius 3 is 2.67 bits per heavy atom. The van der Waals surface area contributed by atoms with E-state index in [1.54, 1.807) is 0 Å². The first-order valence-corrected chi connectivity index (χ1v) is 7.55. The number of aryl methyl sites for hydroxylation is 2. The van der Waals surface area contributed by atoms with Crippen molar-refractivity contribution in [2.45, 2.75) is 33.4 Å². The van der Waals surface area contributed by atoms with Crippen LogP contribution in [0.2, 0.25) is 0 Å². The molecule has 1 unspecified atom stereocenters. The molecule has 2 aromatic rings. The van der Waals surface area contributed by atoms with Crippen LogP contribution in [0.4, 0.5) is 0 Å². The lowest BCUT2D eigenvalue weighted by Gasteiger charge is -2.25. The zero-order valence-electron chi connectivity index (χ0n) is 13.2. The molecule has 1 aromatic carbocycles. The van der Waals surface area contributed by atoms with E-state index in [0.717, 1.165) is 25.3 Å². The number of hydrogen-bond donors (Lipinski definition) is 1. The van der Waals surface area contributed by atoms with Gasteiger partial charge in [0.2, 0.25) is 0 Å². The molecule has 0 amide bonds. The van der Waals surface area contributed by atoms with Gasteiger partial charge in [0.1, 0.15) is 0 Å². The van der Waals surface area contributed by atoms with Gasteiger partial charge in [-0.05, 0) is 43.7 Å². The fourth-order valence-corrected chi connectivity index (χ4v) is 2.56. The van der Waals surface area contributed by atoms with Crippen LogP contribution >= 0.6 is 0 Å². The topological polar surface area (TPSA) is 42.2 Å². The first kappa shape index (κ1) is 15.7. The molecule has 3 nitrogen and oxygen atoms in total. The Labute approximate surface area is 127 Å². The van der Waals surface area contributed by atoms with Crippen molar-refractivity contribution in [2.75, 3.05) is 13.1 Å². The van der Waals surface area contributed by atoms with Crippen molar-refractivity contribution >= 4 is 0 Å². The minimum atomic E-state index is 0.0357. The summed E-state index contributed by atoms with van der Waals surface area (Å²) >= 11 is 0. The van der Waals surface area contributed by atoms with Gasteiger partial charge in [0.25, 0.3) is 0 Å². The molecule has 112 valence electrons. The summed E-state index contributed by atoms with van der Waals surface area (Å²) in [5.74, 6) is 0. The molecule has 0 spiro atoms. The van der Waals surface area contributed by atoms with Gasteiger partial charge in [0.15, 0.2) is 0 Å². The monoisotopic (exact) mass is 283 g/mol. The average molecular weight is 283 g/mol. The van der Waals surface area contributed by atoms with Crippen molar-refractivity contribution in [2.24, 2.45) is 5.73 Å². The molecule has 0 radical (unpaired) electrons. The maximum atomic E-state index is 6.43. The Morgan fingerprint density at radius 2 is 2.00 bits per heavy atom. The van der Waals surface area contributed by atoms with Crippen LogP contribution in [0.25, 0.3) is 0 Å². The summed E-state index contributed by atoms with van der Waals surface area (Å²) < 4.78 is 0. The third-order valence-corrected chi connectivity index (χ3v) is 3.85. The molecule has 0 saturated carbocycles. The number of benzene rings is 1. The largest absolute Gasteiger partial charge is 0.323 e. The maximum Gasteiger partial charge on any atom is 0.0543 e. The number of nitrogens with two attached hydrogens (primary N) is 1. The second-order valence-corrected chi connectivity index (χ2v) is 5.62. The molecule has 2 N–H and O–H groups in total. The SMILES string of the molecule is CCN(Cc1ccccn1)CC(N)c1cc(C)ccc1C. The van der Waals surface area contributed by atoms with Crippen LogP contribution < -0.4 is 5.73 Å². The van der Waals surface area contributed by atoms with Gasteiger partial charge in [-0.25, -0.2) is 0 Å². The van der Waals surface area contributed by atoms with Gasteiger partial charge >= 0.3 is 0 Å². The number of pyridine rings is 1. The Bertz CT molecular complexity index is 566. The molecule has 1 aromatic heterocycles. The van der Waals surface area contributed by atoms with E-state index in [0.29, 0.717) is 0 Å². The Kier molecular flexibility index (Phi) is 5.48. The highest BCUT2D eigenvalue weighted by Gasteiger charge is 2.14. The molecular weight excluding hydrogens is 258 g/mol. The van der Waals surface area contributed by atoms with E-state index in [1.165, 1.54) is 16.7 Å². The van der Waals surface area contributed by atoms with E-state index in [9.17, 15) is 0 Å². The fourth-order valence-electron chi connectivity index (χ4n) is 2.56. The minimum Gasteiger partial charge on any atom is -0.323 e. The van der Waals surface area contributed by atoms with E-state index < -0.39 is 0 Å². The molecule has 0 saturated heterocycles. The lowest BCUT2D eigenvalue weighted by atomic mass is 9.99. The average Bonchev–Trinajstić information content (AvgIpc) is 2.50. The van der Waals surface area contributed by atoms with Crippen LogP contribution in [0.15, 0.2) is 42.6 Å². The molecule has 0 bridgehead atoms. The molecule has 0 fully saturated rings. The molecule has 0 aliphatic rings. The molecule has 3 heteroatoms. The molecular formula is C18H25N3. The van der Waals surface area contributed by atoms with E-state index in [2.05, 4.69) is 54.9 Å². The Morgan fingerprint density at radius 1 is 1.19 bits per heavy atom. The van der Waals surface area contributed by atoms with E-state index in [4.69, 9.17) is 5.73 Å². The van der Waals surface area contributed by atoms with Crippen LogP contribution in [-0.4, -0.2) is 23.0 Å². The van der Waals surface area contributed by atoms with Crippen molar-refractivity contribution in [1.29, 1.82) is 0 Å². The third-order valence-electron chi connectivity index (χ3n) is 3.85. The lowest BCUT2D eigenvalue weighted by Crippen LogP contribution is -2.32. The van der Waals surface area contributed by atoms with Crippen molar-refractivity contribution in [1.82, 2.24) is 9.88 Å². The molecule has 2 rings (SSSR count). The number of aromatic nitrogens is 1. The maximum absolute atomic E-state index is 6.43. The number of rotatable bonds is 6. The third kappa shape index (κ3) is 4.38. The van der Waals surface area contributed by atoms with Gasteiger partial charge in [-0.1, -0.05) is 36.8 Å². The van der Waals surface area contributed by atoms with Crippen molar-refractivity contribution in [3.05, 3.63) is 65.0 Å². The van der Waals surface area contributed by atoms with Gasteiger partial charge in [0, 0.05) is 25.3 Å². The van der Waals surface area contributed by atoms with Gasteiger partial charge in [0.05, 0.1) is 5.69 Å². The van der Waals surface area contributed by atoms with Gasteiger partial charge in [-0.3, -0.25) is 9.88 Å². The van der Waals surface area contributed by atoms with Crippen molar-refractivity contribution in [3.8, 4) is 0 Å². The predicted molar refractivity (Wildman–Crippen MR) is 88.0 cm³/mol. The van der Waals surface area contributed by atoms with Crippen LogP contribution in [0, 0.1) is 13.8 Å². The Hall–Kier alpha value is -1.71. The molecule has 0 aliphatic carbocycles. The van der Waals surface area contributed by atoms with E-state index in [1.807, 2.05) is 18.3 Å². The van der Waals surface area contributed by atoms with Gasteiger partial charge < -0.3 is 5.73 Å². The highest BCUT2D eigenvalue weighted by atomic mass is 15.1. The quantitative estimate of drug-likeness (QED) is 0.885. The van der Waals surface area contributed by atoms with Crippen LogP contribution in [0.1, 0.15) is 35.3 Å². The summed E-state index contributed by atoms with van der Waals surface area (Å²) in [7, 11) is 0. The Balaban J connectivity index is 2.05. The molecule has 0 aliphatic heterocycles. The zero-order valence-corrected chi connectivity index (χ0v) is 13.2. The molecule has 1 atom stereocenters. The standard InChI is InChI=1S/C18H25N3/c1-4-21(12-16-7-5-6-10-20-16)13-18(19)17-11-14(2)8-9-15(17)3/h5-11,18H,4,12-13,19H2,1-3H3. The van der Waals surface area contributed by atoms with Gasteiger partial charge in [-0.15, -0.1) is 0 Å². The smallest absolute Gasteiger partial charge is 0.0543 e. The predicted octanol–water partition coefficient (Wildman–Crippen LogP) is 3.22.